The fourth-order valence-electron chi connectivity index (χ4n) is 3.96. The molecule has 0 spiro atoms. The van der Waals surface area contributed by atoms with Crippen LogP contribution in [0.5, 0.6) is 5.75 Å². The highest BCUT2D eigenvalue weighted by Crippen LogP contribution is 2.40. The van der Waals surface area contributed by atoms with Gasteiger partial charge in [-0.1, -0.05) is 11.6 Å². The van der Waals surface area contributed by atoms with Crippen molar-refractivity contribution in [3.05, 3.63) is 40.6 Å². The SMILES string of the molecule is O=C(CC1CC1)NNc1nncc(N2CCC(c3cc(F)cc(F)c3OC(F)F)CC2)c1Cl. The molecule has 2 aliphatic rings. The molecule has 2 N–H and O–H groups in total. The van der Waals surface area contributed by atoms with Crippen LogP contribution < -0.4 is 20.5 Å². The van der Waals surface area contributed by atoms with E-state index in [2.05, 4.69) is 25.8 Å². The van der Waals surface area contributed by atoms with Crippen LogP contribution in [-0.2, 0) is 4.79 Å². The zero-order chi connectivity index (χ0) is 23.5. The van der Waals surface area contributed by atoms with Crippen LogP contribution in [0.2, 0.25) is 5.02 Å². The predicted molar refractivity (Wildman–Crippen MR) is 113 cm³/mol. The summed E-state index contributed by atoms with van der Waals surface area (Å²) in [6.45, 7) is -2.37. The van der Waals surface area contributed by atoms with E-state index < -0.39 is 24.0 Å². The second kappa shape index (κ2) is 9.98. The summed E-state index contributed by atoms with van der Waals surface area (Å²) in [6.07, 6.45) is 4.86. The Morgan fingerprint density at radius 1 is 1.21 bits per heavy atom. The first-order chi connectivity index (χ1) is 15.8. The first-order valence-corrected chi connectivity index (χ1v) is 10.9. The summed E-state index contributed by atoms with van der Waals surface area (Å²) in [7, 11) is 0. The van der Waals surface area contributed by atoms with Crippen molar-refractivity contribution in [2.24, 2.45) is 5.92 Å². The number of carbonyl (C=O) groups is 1. The molecule has 0 radical (unpaired) electrons. The van der Waals surface area contributed by atoms with Crippen molar-refractivity contribution in [1.29, 1.82) is 0 Å². The molecule has 12 heteroatoms. The number of benzene rings is 1. The molecule has 2 fully saturated rings. The van der Waals surface area contributed by atoms with Gasteiger partial charge in [0.05, 0.1) is 11.9 Å². The van der Waals surface area contributed by atoms with Crippen LogP contribution in [0.4, 0.5) is 29.1 Å². The maximum atomic E-state index is 14.1. The number of amides is 1. The van der Waals surface area contributed by atoms with E-state index in [1.54, 1.807) is 0 Å². The molecule has 1 amide bonds. The van der Waals surface area contributed by atoms with Crippen molar-refractivity contribution in [2.45, 2.75) is 44.6 Å². The fraction of sp³-hybridized carbons (Fsp3) is 0.476. The molecule has 2 heterocycles. The lowest BCUT2D eigenvalue weighted by atomic mass is 9.88. The van der Waals surface area contributed by atoms with Crippen LogP contribution in [0, 0.1) is 17.6 Å². The number of rotatable bonds is 8. The van der Waals surface area contributed by atoms with Crippen molar-refractivity contribution in [3.8, 4) is 5.75 Å². The van der Waals surface area contributed by atoms with Crippen LogP contribution in [0.1, 0.15) is 43.6 Å². The number of anilines is 2. The standard InChI is InChI=1S/C21H22ClF4N5O2/c22-18-16(10-27-29-20(18)30-28-17(32)7-11-1-2-11)31-5-3-12(4-6-31)14-8-13(23)9-15(24)19(14)33-21(25)26/h8-12,21H,1-7H2,(H,28,32)(H,29,30). The summed E-state index contributed by atoms with van der Waals surface area (Å²) in [4.78, 5) is 13.8. The van der Waals surface area contributed by atoms with Gasteiger partial charge in [0, 0.05) is 31.1 Å². The summed E-state index contributed by atoms with van der Waals surface area (Å²) < 4.78 is 57.7. The number of ether oxygens (including phenoxy) is 1. The Labute approximate surface area is 192 Å². The first kappa shape index (κ1) is 23.3. The number of hydrogen-bond acceptors (Lipinski definition) is 6. The molecule has 1 aromatic heterocycles. The summed E-state index contributed by atoms with van der Waals surface area (Å²) in [5.41, 5.74) is 5.90. The molecule has 1 saturated heterocycles. The van der Waals surface area contributed by atoms with Crippen LogP contribution >= 0.6 is 11.6 Å². The molecule has 178 valence electrons. The van der Waals surface area contributed by atoms with E-state index in [1.165, 1.54) is 6.20 Å². The lowest BCUT2D eigenvalue weighted by Gasteiger charge is -2.34. The molecule has 1 aromatic carbocycles. The molecule has 0 unspecified atom stereocenters. The van der Waals surface area contributed by atoms with Crippen LogP contribution in [0.15, 0.2) is 18.3 Å². The average Bonchev–Trinajstić information content (AvgIpc) is 3.59. The number of nitrogens with one attached hydrogen (secondary N) is 2. The third kappa shape index (κ3) is 5.76. The van der Waals surface area contributed by atoms with E-state index in [0.29, 0.717) is 50.0 Å². The Morgan fingerprint density at radius 2 is 1.94 bits per heavy atom. The third-order valence-electron chi connectivity index (χ3n) is 5.78. The smallest absolute Gasteiger partial charge is 0.387 e. The van der Waals surface area contributed by atoms with Gasteiger partial charge in [-0.15, -0.1) is 5.10 Å². The van der Waals surface area contributed by atoms with Gasteiger partial charge in [0.2, 0.25) is 5.91 Å². The topological polar surface area (TPSA) is 79.4 Å². The minimum atomic E-state index is -3.22. The minimum Gasteiger partial charge on any atom is -0.431 e. The number of halogens is 5. The highest BCUT2D eigenvalue weighted by atomic mass is 35.5. The van der Waals surface area contributed by atoms with Crippen LogP contribution in [-0.4, -0.2) is 35.8 Å². The normalized spacial score (nSPS) is 16.7. The minimum absolute atomic E-state index is 0.0760. The Bertz CT molecular complexity index is 1020. The molecule has 1 aliphatic carbocycles. The molecule has 7 nitrogen and oxygen atoms in total. The monoisotopic (exact) mass is 487 g/mol. The average molecular weight is 488 g/mol. The number of nitrogens with zero attached hydrogens (tertiary/aromatic N) is 3. The second-order valence-electron chi connectivity index (χ2n) is 8.16. The van der Waals surface area contributed by atoms with Crippen LogP contribution in [0.3, 0.4) is 0 Å². The van der Waals surface area contributed by atoms with Crippen molar-refractivity contribution in [1.82, 2.24) is 15.6 Å². The largest absolute Gasteiger partial charge is 0.431 e. The molecule has 4 rings (SSSR count). The number of carbonyl (C=O) groups excluding carboxylic acids is 1. The fourth-order valence-corrected chi connectivity index (χ4v) is 4.21. The van der Waals surface area contributed by atoms with Gasteiger partial charge < -0.3 is 9.64 Å². The number of piperidine rings is 1. The summed E-state index contributed by atoms with van der Waals surface area (Å²) in [5.74, 6) is -2.55. The van der Waals surface area contributed by atoms with E-state index in [4.69, 9.17) is 11.6 Å². The molecular weight excluding hydrogens is 466 g/mol. The molecule has 2 aromatic rings. The molecule has 0 bridgehead atoms. The van der Waals surface area contributed by atoms with Gasteiger partial charge >= 0.3 is 6.61 Å². The Morgan fingerprint density at radius 3 is 2.61 bits per heavy atom. The Hall–Kier alpha value is -2.82. The maximum absolute atomic E-state index is 14.1. The summed E-state index contributed by atoms with van der Waals surface area (Å²) in [5, 5.41) is 8.10. The molecule has 1 saturated carbocycles. The van der Waals surface area contributed by atoms with Gasteiger partial charge in [-0.05, 0) is 43.6 Å². The lowest BCUT2D eigenvalue weighted by Crippen LogP contribution is -2.34. The Balaban J connectivity index is 1.42. The van der Waals surface area contributed by atoms with Crippen molar-refractivity contribution in [2.75, 3.05) is 23.4 Å². The van der Waals surface area contributed by atoms with Gasteiger partial charge in [-0.2, -0.15) is 13.9 Å². The molecule has 1 aliphatic heterocycles. The highest BCUT2D eigenvalue weighted by molar-refractivity contribution is 6.35. The van der Waals surface area contributed by atoms with Gasteiger partial charge in [0.15, 0.2) is 17.4 Å². The van der Waals surface area contributed by atoms with Crippen molar-refractivity contribution >= 4 is 29.0 Å². The Kier molecular flexibility index (Phi) is 7.06. The van der Waals surface area contributed by atoms with Gasteiger partial charge in [0.1, 0.15) is 10.8 Å². The maximum Gasteiger partial charge on any atom is 0.387 e. The number of hydrazine groups is 1. The van der Waals surface area contributed by atoms with Gasteiger partial charge in [-0.25, -0.2) is 8.78 Å². The van der Waals surface area contributed by atoms with E-state index in [9.17, 15) is 22.4 Å². The molecule has 0 atom stereocenters. The van der Waals surface area contributed by atoms with Crippen molar-refractivity contribution in [3.63, 3.8) is 0 Å². The first-order valence-electron chi connectivity index (χ1n) is 10.6. The number of alkyl halides is 2. The number of hydrogen-bond donors (Lipinski definition) is 2. The van der Waals surface area contributed by atoms with E-state index >= 15 is 0 Å². The quantitative estimate of drug-likeness (QED) is 0.417. The molecular formula is C21H22ClF4N5O2. The predicted octanol–water partition coefficient (Wildman–Crippen LogP) is 4.64. The van der Waals surface area contributed by atoms with Gasteiger partial charge in [0.25, 0.3) is 0 Å². The van der Waals surface area contributed by atoms with E-state index in [0.717, 1.165) is 18.9 Å². The highest BCUT2D eigenvalue weighted by Gasteiger charge is 2.29. The van der Waals surface area contributed by atoms with Crippen LogP contribution in [0.25, 0.3) is 0 Å². The summed E-state index contributed by atoms with van der Waals surface area (Å²) >= 11 is 6.46. The zero-order valence-corrected chi connectivity index (χ0v) is 18.2. The second-order valence-corrected chi connectivity index (χ2v) is 8.54. The third-order valence-corrected chi connectivity index (χ3v) is 6.15. The van der Waals surface area contributed by atoms with E-state index in [-0.39, 0.29) is 28.2 Å². The molecule has 33 heavy (non-hydrogen) atoms. The zero-order valence-electron chi connectivity index (χ0n) is 17.5. The number of aromatic nitrogens is 2. The summed E-state index contributed by atoms with van der Waals surface area (Å²) in [6, 6.07) is 1.56. The van der Waals surface area contributed by atoms with E-state index in [1.807, 2.05) is 4.90 Å². The lowest BCUT2D eigenvalue weighted by molar-refractivity contribution is -0.120. The van der Waals surface area contributed by atoms with Gasteiger partial charge in [-0.3, -0.25) is 15.6 Å². The van der Waals surface area contributed by atoms with Crippen molar-refractivity contribution < 1.29 is 27.1 Å².